The topological polar surface area (TPSA) is 69.6 Å². The molecular formula is C15H13N5S. The molecule has 104 valence electrons. The van der Waals surface area contributed by atoms with Crippen LogP contribution in [0, 0.1) is 6.92 Å². The van der Waals surface area contributed by atoms with E-state index in [1.807, 2.05) is 55.5 Å². The molecule has 1 aromatic heterocycles. The average molecular weight is 295 g/mol. The minimum atomic E-state index is 0.312. The number of thiocarbonyl (C=S) groups is 1. The van der Waals surface area contributed by atoms with Crippen LogP contribution in [-0.4, -0.2) is 25.2 Å². The van der Waals surface area contributed by atoms with E-state index in [4.69, 9.17) is 18.0 Å². The molecule has 3 aromatic rings. The molecule has 6 heteroatoms. The minimum absolute atomic E-state index is 0.312. The first-order valence-corrected chi connectivity index (χ1v) is 6.82. The van der Waals surface area contributed by atoms with E-state index in [0.29, 0.717) is 10.8 Å². The molecule has 0 saturated heterocycles. The highest BCUT2D eigenvalue weighted by Gasteiger charge is 2.12. The smallest absolute Gasteiger partial charge is 0.205 e. The summed E-state index contributed by atoms with van der Waals surface area (Å²) in [5.74, 6) is 0.560. The Kier molecular flexibility index (Phi) is 3.45. The zero-order chi connectivity index (χ0) is 14.8. The number of hydrogen-bond donors (Lipinski definition) is 1. The van der Waals surface area contributed by atoms with Gasteiger partial charge in [0.2, 0.25) is 5.82 Å². The zero-order valence-corrected chi connectivity index (χ0v) is 12.2. The van der Waals surface area contributed by atoms with Gasteiger partial charge < -0.3 is 5.73 Å². The molecule has 0 spiro atoms. The van der Waals surface area contributed by atoms with Crippen molar-refractivity contribution in [1.29, 1.82) is 0 Å². The summed E-state index contributed by atoms with van der Waals surface area (Å²) in [6, 6.07) is 15.5. The predicted molar refractivity (Wildman–Crippen MR) is 85.2 cm³/mol. The van der Waals surface area contributed by atoms with Crippen LogP contribution in [0.4, 0.5) is 0 Å². The van der Waals surface area contributed by atoms with Crippen molar-refractivity contribution in [2.24, 2.45) is 5.73 Å². The van der Waals surface area contributed by atoms with Crippen molar-refractivity contribution in [2.75, 3.05) is 0 Å². The summed E-state index contributed by atoms with van der Waals surface area (Å²) < 4.78 is 0. The quantitative estimate of drug-likeness (QED) is 0.751. The Morgan fingerprint density at radius 2 is 1.90 bits per heavy atom. The molecule has 0 aliphatic rings. The lowest BCUT2D eigenvalue weighted by Gasteiger charge is -2.07. The second-order valence-corrected chi connectivity index (χ2v) is 5.09. The Hall–Kier alpha value is -2.60. The summed E-state index contributed by atoms with van der Waals surface area (Å²) in [7, 11) is 0. The van der Waals surface area contributed by atoms with Gasteiger partial charge in [-0.25, -0.2) is 0 Å². The highest BCUT2D eigenvalue weighted by atomic mass is 32.1. The van der Waals surface area contributed by atoms with E-state index in [0.717, 1.165) is 22.4 Å². The summed E-state index contributed by atoms with van der Waals surface area (Å²) in [5.41, 5.74) is 9.23. The highest BCUT2D eigenvalue weighted by molar-refractivity contribution is 7.80. The van der Waals surface area contributed by atoms with Crippen molar-refractivity contribution in [2.45, 2.75) is 6.92 Å². The van der Waals surface area contributed by atoms with Crippen molar-refractivity contribution < 1.29 is 0 Å². The zero-order valence-electron chi connectivity index (χ0n) is 11.4. The van der Waals surface area contributed by atoms with E-state index in [1.165, 1.54) is 4.80 Å². The molecule has 5 nitrogen and oxygen atoms in total. The summed E-state index contributed by atoms with van der Waals surface area (Å²) >= 11 is 5.10. The summed E-state index contributed by atoms with van der Waals surface area (Å²) in [4.78, 5) is 1.77. The molecule has 2 aromatic carbocycles. The van der Waals surface area contributed by atoms with Gasteiger partial charge in [0.25, 0.3) is 0 Å². The van der Waals surface area contributed by atoms with Crippen molar-refractivity contribution in [3.63, 3.8) is 0 Å². The van der Waals surface area contributed by atoms with Gasteiger partial charge in [-0.1, -0.05) is 54.2 Å². The Labute approximate surface area is 127 Å². The normalized spacial score (nSPS) is 10.5. The van der Waals surface area contributed by atoms with Crippen molar-refractivity contribution in [1.82, 2.24) is 20.2 Å². The van der Waals surface area contributed by atoms with Crippen LogP contribution in [0.1, 0.15) is 11.1 Å². The van der Waals surface area contributed by atoms with Crippen LogP contribution in [0.25, 0.3) is 17.1 Å². The maximum atomic E-state index is 5.78. The van der Waals surface area contributed by atoms with E-state index in [9.17, 15) is 0 Å². The Balaban J connectivity index is 2.07. The van der Waals surface area contributed by atoms with Crippen LogP contribution in [0.2, 0.25) is 0 Å². The first-order valence-electron chi connectivity index (χ1n) is 6.41. The molecule has 2 N–H and O–H groups in total. The third-order valence-electron chi connectivity index (χ3n) is 3.08. The van der Waals surface area contributed by atoms with E-state index in [1.54, 1.807) is 0 Å². The van der Waals surface area contributed by atoms with Crippen molar-refractivity contribution in [3.05, 3.63) is 59.7 Å². The van der Waals surface area contributed by atoms with Crippen molar-refractivity contribution in [3.8, 4) is 17.1 Å². The second-order valence-electron chi connectivity index (χ2n) is 4.65. The number of aryl methyl sites for hydroxylation is 1. The van der Waals surface area contributed by atoms with E-state index in [-0.39, 0.29) is 0 Å². The molecule has 0 saturated carbocycles. The van der Waals surface area contributed by atoms with Crippen LogP contribution < -0.4 is 5.73 Å². The molecule has 0 aliphatic carbocycles. The molecule has 0 aliphatic heterocycles. The lowest BCUT2D eigenvalue weighted by atomic mass is 10.1. The molecule has 0 bridgehead atoms. The van der Waals surface area contributed by atoms with Crippen LogP contribution in [0.15, 0.2) is 48.5 Å². The highest BCUT2D eigenvalue weighted by Crippen LogP contribution is 2.17. The maximum Gasteiger partial charge on any atom is 0.205 e. The average Bonchev–Trinajstić information content (AvgIpc) is 2.97. The largest absolute Gasteiger partial charge is 0.389 e. The lowest BCUT2D eigenvalue weighted by molar-refractivity contribution is 0.719. The van der Waals surface area contributed by atoms with Crippen LogP contribution in [0.3, 0.4) is 0 Å². The first kappa shape index (κ1) is 13.4. The van der Waals surface area contributed by atoms with Gasteiger partial charge in [-0.2, -0.15) is 0 Å². The van der Waals surface area contributed by atoms with Gasteiger partial charge in [-0.3, -0.25) is 0 Å². The Bertz CT molecular complexity index is 795. The van der Waals surface area contributed by atoms with E-state index < -0.39 is 0 Å². The molecule has 21 heavy (non-hydrogen) atoms. The molecule has 3 rings (SSSR count). The molecule has 1 heterocycles. The van der Waals surface area contributed by atoms with Crippen LogP contribution in [-0.2, 0) is 0 Å². The molecule has 0 amide bonds. The lowest BCUT2D eigenvalue weighted by Crippen LogP contribution is -2.15. The predicted octanol–water partition coefficient (Wildman–Crippen LogP) is 2.27. The summed E-state index contributed by atoms with van der Waals surface area (Å²) in [6.45, 7) is 1.98. The Morgan fingerprint density at radius 1 is 1.14 bits per heavy atom. The number of nitrogens with two attached hydrogens (primary N) is 1. The maximum absolute atomic E-state index is 5.78. The van der Waals surface area contributed by atoms with Crippen molar-refractivity contribution >= 4 is 17.2 Å². The van der Waals surface area contributed by atoms with Gasteiger partial charge >= 0.3 is 0 Å². The Morgan fingerprint density at radius 3 is 2.62 bits per heavy atom. The van der Waals surface area contributed by atoms with Crippen LogP contribution >= 0.6 is 12.2 Å². The fraction of sp³-hybridized carbons (Fsp3) is 0.0667. The number of nitrogens with zero attached hydrogens (tertiary/aromatic N) is 4. The third-order valence-corrected chi connectivity index (χ3v) is 3.30. The number of aromatic nitrogens is 4. The first-order chi connectivity index (χ1) is 10.1. The molecular weight excluding hydrogens is 282 g/mol. The summed E-state index contributed by atoms with van der Waals surface area (Å²) in [6.07, 6.45) is 0. The fourth-order valence-corrected chi connectivity index (χ4v) is 2.20. The molecule has 0 unspecified atom stereocenters. The number of tetrazole rings is 1. The second kappa shape index (κ2) is 5.41. The fourth-order valence-electron chi connectivity index (χ4n) is 2.04. The van der Waals surface area contributed by atoms with Gasteiger partial charge in [-0.15, -0.1) is 15.0 Å². The SMILES string of the molecule is Cc1ccc(-n2nnc(-c3ccccc3)n2)c(C(N)=S)c1. The van der Waals surface area contributed by atoms with Gasteiger partial charge in [0.1, 0.15) is 4.99 Å². The minimum Gasteiger partial charge on any atom is -0.389 e. The number of benzene rings is 2. The molecule has 0 atom stereocenters. The van der Waals surface area contributed by atoms with Gasteiger partial charge in [0.15, 0.2) is 0 Å². The molecule has 0 radical (unpaired) electrons. The monoisotopic (exact) mass is 295 g/mol. The summed E-state index contributed by atoms with van der Waals surface area (Å²) in [5, 5.41) is 12.6. The molecule has 0 fully saturated rings. The number of hydrogen-bond acceptors (Lipinski definition) is 4. The standard InChI is InChI=1S/C15H13N5S/c1-10-7-8-13(12(9-10)14(16)21)20-18-15(17-19-20)11-5-3-2-4-6-11/h2-9H,1H3,(H2,16,21). The third kappa shape index (κ3) is 2.66. The van der Waals surface area contributed by atoms with E-state index >= 15 is 0 Å². The van der Waals surface area contributed by atoms with Gasteiger partial charge in [0, 0.05) is 11.1 Å². The van der Waals surface area contributed by atoms with E-state index in [2.05, 4.69) is 15.4 Å². The number of rotatable bonds is 3. The van der Waals surface area contributed by atoms with Gasteiger partial charge in [0.05, 0.1) is 5.69 Å². The van der Waals surface area contributed by atoms with Gasteiger partial charge in [-0.05, 0) is 24.3 Å². The van der Waals surface area contributed by atoms with Crippen LogP contribution in [0.5, 0.6) is 0 Å².